The lowest BCUT2D eigenvalue weighted by Gasteiger charge is -2.16. The van der Waals surface area contributed by atoms with E-state index in [1.54, 1.807) is 19.5 Å². The highest BCUT2D eigenvalue weighted by atomic mass is 35.5. The second kappa shape index (κ2) is 15.6. The summed E-state index contributed by atoms with van der Waals surface area (Å²) >= 11 is 14.0. The van der Waals surface area contributed by atoms with Crippen molar-refractivity contribution in [3.8, 4) is 45.4 Å². The first-order valence-corrected chi connectivity index (χ1v) is 15.7. The summed E-state index contributed by atoms with van der Waals surface area (Å²) in [4.78, 5) is 29.9. The van der Waals surface area contributed by atoms with E-state index in [-0.39, 0.29) is 31.0 Å². The molecule has 1 aliphatic heterocycles. The third-order valence-electron chi connectivity index (χ3n) is 7.87. The number of benzene rings is 2. The molecule has 2 aromatic heterocycles. The van der Waals surface area contributed by atoms with Gasteiger partial charge in [0, 0.05) is 41.3 Å². The first kappa shape index (κ1) is 33.5. The molecule has 3 heterocycles. The van der Waals surface area contributed by atoms with Gasteiger partial charge in [0.1, 0.15) is 18.1 Å². The van der Waals surface area contributed by atoms with Crippen LogP contribution in [0.15, 0.2) is 48.8 Å². The standard InChI is InChI=1S/C33H35Cl2FN6O4/c1-45-32-25(11-3-6-19-12-13-29(44)40-19)38-15-26(41-32)23-9-4-7-21(30(23)34)22-8-5-10-24(31(22)35)27-16-39-28(33(42-27)46-2)17-37-20(14-36)18-43/h4-5,7-10,15-16,19-20,37,43H,3,6,11-14,17-18H2,1-2H3,(H,40,44)/t19-,20?/m1/s1. The van der Waals surface area contributed by atoms with Crippen molar-refractivity contribution in [3.63, 3.8) is 0 Å². The van der Waals surface area contributed by atoms with Gasteiger partial charge < -0.3 is 25.2 Å². The number of halogens is 3. The Balaban J connectivity index is 1.39. The fourth-order valence-electron chi connectivity index (χ4n) is 5.37. The number of amides is 1. The predicted molar refractivity (Wildman–Crippen MR) is 175 cm³/mol. The highest BCUT2D eigenvalue weighted by molar-refractivity contribution is 6.39. The number of hydrogen-bond acceptors (Lipinski definition) is 9. The number of rotatable bonds is 14. The Morgan fingerprint density at radius 1 is 0.957 bits per heavy atom. The number of nitrogens with one attached hydrogen (secondary N) is 2. The molecule has 0 spiro atoms. The van der Waals surface area contributed by atoms with Crippen LogP contribution in [0.5, 0.6) is 11.8 Å². The molecule has 0 bridgehead atoms. The van der Waals surface area contributed by atoms with Crippen molar-refractivity contribution in [1.29, 1.82) is 0 Å². The average Bonchev–Trinajstić information content (AvgIpc) is 3.50. The van der Waals surface area contributed by atoms with E-state index >= 15 is 0 Å². The first-order chi connectivity index (χ1) is 22.4. The van der Waals surface area contributed by atoms with Gasteiger partial charge in [-0.15, -0.1) is 0 Å². The van der Waals surface area contributed by atoms with Crippen LogP contribution < -0.4 is 20.1 Å². The number of alkyl halides is 1. The zero-order valence-corrected chi connectivity index (χ0v) is 27.0. The molecule has 13 heteroatoms. The van der Waals surface area contributed by atoms with E-state index in [1.807, 2.05) is 36.4 Å². The zero-order valence-electron chi connectivity index (χ0n) is 25.5. The Morgan fingerprint density at radius 2 is 1.52 bits per heavy atom. The van der Waals surface area contributed by atoms with Gasteiger partial charge in [0.25, 0.3) is 0 Å². The van der Waals surface area contributed by atoms with Crippen LogP contribution >= 0.6 is 23.2 Å². The molecule has 242 valence electrons. The van der Waals surface area contributed by atoms with E-state index in [2.05, 4.69) is 25.6 Å². The van der Waals surface area contributed by atoms with E-state index in [9.17, 15) is 14.3 Å². The van der Waals surface area contributed by atoms with Crippen LogP contribution in [0.4, 0.5) is 4.39 Å². The SMILES string of the molecule is COc1nc(-c2cccc(-c3cccc(-c4cnc(CNC(CO)CF)c(OC)n4)c3Cl)c2Cl)cnc1CCC[C@@H]1CCC(=O)N1. The minimum absolute atomic E-state index is 0.111. The number of aromatic nitrogens is 4. The van der Waals surface area contributed by atoms with Crippen LogP contribution in [-0.4, -0.2) is 70.5 Å². The molecule has 5 rings (SSSR count). The molecule has 1 saturated heterocycles. The number of carbonyl (C=O) groups excluding carboxylic acids is 1. The van der Waals surface area contributed by atoms with Crippen LogP contribution in [0.2, 0.25) is 10.0 Å². The number of methoxy groups -OCH3 is 2. The van der Waals surface area contributed by atoms with Crippen molar-refractivity contribution in [2.24, 2.45) is 0 Å². The van der Waals surface area contributed by atoms with Crippen molar-refractivity contribution in [2.75, 3.05) is 27.5 Å². The van der Waals surface area contributed by atoms with Gasteiger partial charge in [-0.1, -0.05) is 59.6 Å². The van der Waals surface area contributed by atoms with E-state index < -0.39 is 12.7 Å². The summed E-state index contributed by atoms with van der Waals surface area (Å²) in [5, 5.41) is 16.0. The first-order valence-electron chi connectivity index (χ1n) is 14.9. The van der Waals surface area contributed by atoms with Gasteiger partial charge in [-0.3, -0.25) is 14.8 Å². The molecule has 46 heavy (non-hydrogen) atoms. The largest absolute Gasteiger partial charge is 0.480 e. The molecule has 4 aromatic rings. The number of carbonyl (C=O) groups is 1. The van der Waals surface area contributed by atoms with Crippen molar-refractivity contribution in [2.45, 2.75) is 50.7 Å². The summed E-state index contributed by atoms with van der Waals surface area (Å²) in [6.45, 7) is -0.896. The van der Waals surface area contributed by atoms with Crippen LogP contribution in [0.25, 0.3) is 33.6 Å². The van der Waals surface area contributed by atoms with Crippen LogP contribution in [-0.2, 0) is 17.8 Å². The molecule has 10 nitrogen and oxygen atoms in total. The van der Waals surface area contributed by atoms with Crippen LogP contribution in [0.3, 0.4) is 0 Å². The molecule has 3 N–H and O–H groups in total. The van der Waals surface area contributed by atoms with Crippen molar-refractivity contribution in [3.05, 3.63) is 70.2 Å². The minimum Gasteiger partial charge on any atom is -0.480 e. The Morgan fingerprint density at radius 3 is 2.04 bits per heavy atom. The maximum atomic E-state index is 13.0. The highest BCUT2D eigenvalue weighted by Gasteiger charge is 2.22. The number of aliphatic hydroxyl groups excluding tert-OH is 1. The molecular formula is C33H35Cl2FN6O4. The predicted octanol–water partition coefficient (Wildman–Crippen LogP) is 5.61. The number of aryl methyl sites for hydroxylation is 1. The van der Waals surface area contributed by atoms with Crippen LogP contribution in [0.1, 0.15) is 37.1 Å². The molecule has 2 atom stereocenters. The van der Waals surface area contributed by atoms with Crippen molar-refractivity contribution < 1.29 is 23.8 Å². The van der Waals surface area contributed by atoms with Gasteiger partial charge in [0.15, 0.2) is 0 Å². The Bertz CT molecular complexity index is 1690. The maximum absolute atomic E-state index is 13.0. The van der Waals surface area contributed by atoms with Gasteiger partial charge in [0.05, 0.1) is 60.7 Å². The second-order valence-electron chi connectivity index (χ2n) is 10.9. The smallest absolute Gasteiger partial charge is 0.237 e. The molecular weight excluding hydrogens is 634 g/mol. The molecule has 0 saturated carbocycles. The second-order valence-corrected chi connectivity index (χ2v) is 11.6. The van der Waals surface area contributed by atoms with E-state index in [0.717, 1.165) is 25.0 Å². The van der Waals surface area contributed by atoms with E-state index in [1.165, 1.54) is 7.11 Å². The third kappa shape index (κ3) is 7.55. The van der Waals surface area contributed by atoms with Crippen molar-refractivity contribution in [1.82, 2.24) is 30.6 Å². The number of hydrogen-bond donors (Lipinski definition) is 3. The third-order valence-corrected chi connectivity index (χ3v) is 8.68. The van der Waals surface area contributed by atoms with E-state index in [0.29, 0.717) is 68.1 Å². The van der Waals surface area contributed by atoms with Gasteiger partial charge in [-0.2, -0.15) is 0 Å². The van der Waals surface area contributed by atoms with Gasteiger partial charge in [-0.25, -0.2) is 14.4 Å². The topological polar surface area (TPSA) is 131 Å². The maximum Gasteiger partial charge on any atom is 0.237 e. The highest BCUT2D eigenvalue weighted by Crippen LogP contribution is 2.42. The molecule has 0 radical (unpaired) electrons. The zero-order chi connectivity index (χ0) is 32.6. The fraction of sp³-hybridized carbons (Fsp3) is 0.364. The number of ether oxygens (including phenoxy) is 2. The minimum atomic E-state index is -0.717. The molecule has 1 aliphatic rings. The molecule has 1 unspecified atom stereocenters. The Hall–Kier alpha value is -3.90. The normalized spacial score (nSPS) is 15.1. The van der Waals surface area contributed by atoms with Gasteiger partial charge in [0.2, 0.25) is 17.7 Å². The summed E-state index contributed by atoms with van der Waals surface area (Å²) < 4.78 is 24.0. The quantitative estimate of drug-likeness (QED) is 0.157. The van der Waals surface area contributed by atoms with Crippen LogP contribution in [0, 0.1) is 0 Å². The van der Waals surface area contributed by atoms with Gasteiger partial charge >= 0.3 is 0 Å². The summed E-state index contributed by atoms with van der Waals surface area (Å²) in [6.07, 6.45) is 7.10. The Kier molecular flexibility index (Phi) is 11.3. The van der Waals surface area contributed by atoms with Crippen molar-refractivity contribution >= 4 is 29.1 Å². The van der Waals surface area contributed by atoms with Gasteiger partial charge in [-0.05, 0) is 25.7 Å². The Labute approximate surface area is 276 Å². The van der Waals surface area contributed by atoms with E-state index in [4.69, 9.17) is 37.7 Å². The summed E-state index contributed by atoms with van der Waals surface area (Å²) in [5.74, 6) is 0.792. The lowest BCUT2D eigenvalue weighted by atomic mass is 9.98. The summed E-state index contributed by atoms with van der Waals surface area (Å²) in [5.41, 5.74) is 4.89. The fourth-order valence-corrected chi connectivity index (χ4v) is 6.02. The average molecular weight is 670 g/mol. The number of aliphatic hydroxyl groups is 1. The molecule has 0 aliphatic carbocycles. The lowest BCUT2D eigenvalue weighted by Crippen LogP contribution is -2.34. The number of nitrogens with zero attached hydrogens (tertiary/aromatic N) is 4. The molecule has 1 amide bonds. The lowest BCUT2D eigenvalue weighted by molar-refractivity contribution is -0.119. The molecule has 2 aromatic carbocycles. The molecule has 1 fully saturated rings. The monoisotopic (exact) mass is 668 g/mol. The summed E-state index contributed by atoms with van der Waals surface area (Å²) in [7, 11) is 3.04. The summed E-state index contributed by atoms with van der Waals surface area (Å²) in [6, 6.07) is 10.7.